The van der Waals surface area contributed by atoms with E-state index in [4.69, 9.17) is 0 Å². The van der Waals surface area contributed by atoms with Crippen molar-refractivity contribution in [3.05, 3.63) is 0 Å². The first kappa shape index (κ1) is 14.3. The number of amides is 1. The highest BCUT2D eigenvalue weighted by Gasteiger charge is 2.34. The summed E-state index contributed by atoms with van der Waals surface area (Å²) in [6.07, 6.45) is 6.68. The van der Waals surface area contributed by atoms with Gasteiger partial charge in [-0.15, -0.1) is 0 Å². The molecule has 2 fully saturated rings. The van der Waals surface area contributed by atoms with Gasteiger partial charge in [-0.2, -0.15) is 5.26 Å². The third kappa shape index (κ3) is 3.46. The molecule has 106 valence electrons. The van der Waals surface area contributed by atoms with Crippen molar-refractivity contribution in [2.75, 3.05) is 19.7 Å². The number of hydrogen-bond donors (Lipinski definition) is 2. The largest absolute Gasteiger partial charge is 0.395 e. The quantitative estimate of drug-likeness (QED) is 0.788. The summed E-state index contributed by atoms with van der Waals surface area (Å²) in [5.74, 6) is -0.0798. The van der Waals surface area contributed by atoms with Crippen molar-refractivity contribution in [3.63, 3.8) is 0 Å². The number of likely N-dealkylation sites (tertiary alicyclic amines) is 1. The molecule has 5 nitrogen and oxygen atoms in total. The molecule has 5 heteroatoms. The molecule has 1 amide bonds. The van der Waals surface area contributed by atoms with E-state index in [0.717, 1.165) is 51.5 Å². The van der Waals surface area contributed by atoms with E-state index in [1.807, 2.05) is 4.90 Å². The summed E-state index contributed by atoms with van der Waals surface area (Å²) >= 11 is 0. The molecule has 0 aromatic rings. The normalized spacial score (nSPS) is 26.8. The zero-order chi connectivity index (χ0) is 13.7. The van der Waals surface area contributed by atoms with Crippen LogP contribution in [0.3, 0.4) is 0 Å². The van der Waals surface area contributed by atoms with Gasteiger partial charge in [0.05, 0.1) is 19.2 Å². The number of carbonyl (C=O) groups excluding carboxylic acids is 1. The number of carbonyl (C=O) groups is 1. The van der Waals surface area contributed by atoms with Crippen LogP contribution < -0.4 is 5.32 Å². The number of aliphatic hydroxyl groups is 1. The van der Waals surface area contributed by atoms with Gasteiger partial charge in [0, 0.05) is 6.04 Å². The SMILES string of the molecule is N#CC1(NC(=O)CN2CCCC2CO)CCCCC1. The van der Waals surface area contributed by atoms with Crippen LogP contribution in [0.15, 0.2) is 0 Å². The lowest BCUT2D eigenvalue weighted by Crippen LogP contribution is -2.52. The molecule has 1 saturated carbocycles. The zero-order valence-corrected chi connectivity index (χ0v) is 11.4. The maximum absolute atomic E-state index is 12.1. The molecule has 2 rings (SSSR count). The molecule has 2 aliphatic rings. The molecule has 0 aromatic heterocycles. The number of rotatable bonds is 4. The Morgan fingerprint density at radius 3 is 2.74 bits per heavy atom. The maximum Gasteiger partial charge on any atom is 0.235 e. The first-order valence-corrected chi connectivity index (χ1v) is 7.26. The van der Waals surface area contributed by atoms with Crippen LogP contribution >= 0.6 is 0 Å². The van der Waals surface area contributed by atoms with Crippen molar-refractivity contribution < 1.29 is 9.90 Å². The van der Waals surface area contributed by atoms with E-state index in [2.05, 4.69) is 11.4 Å². The molecule has 0 aromatic carbocycles. The van der Waals surface area contributed by atoms with Crippen LogP contribution in [0.2, 0.25) is 0 Å². The number of hydrogen-bond acceptors (Lipinski definition) is 4. The van der Waals surface area contributed by atoms with Gasteiger partial charge in [0.2, 0.25) is 5.91 Å². The Balaban J connectivity index is 1.88. The maximum atomic E-state index is 12.1. The van der Waals surface area contributed by atoms with Crippen molar-refractivity contribution in [1.82, 2.24) is 10.2 Å². The lowest BCUT2D eigenvalue weighted by molar-refractivity contribution is -0.124. The van der Waals surface area contributed by atoms with Crippen LogP contribution in [0.5, 0.6) is 0 Å². The first-order valence-electron chi connectivity index (χ1n) is 7.26. The standard InChI is InChI=1S/C14H23N3O2/c15-11-14(6-2-1-3-7-14)16-13(19)9-17-8-4-5-12(17)10-18/h12,18H,1-10H2,(H,16,19). The third-order valence-electron chi connectivity index (χ3n) is 4.36. The number of nitrogens with one attached hydrogen (secondary N) is 1. The molecule has 1 heterocycles. The highest BCUT2D eigenvalue weighted by molar-refractivity contribution is 5.79. The van der Waals surface area contributed by atoms with Crippen molar-refractivity contribution in [2.45, 2.75) is 56.5 Å². The predicted molar refractivity (Wildman–Crippen MR) is 71.3 cm³/mol. The van der Waals surface area contributed by atoms with Crippen LogP contribution in [0, 0.1) is 11.3 Å². The molecular formula is C14H23N3O2. The Kier molecular flexibility index (Phi) is 4.78. The van der Waals surface area contributed by atoms with Gasteiger partial charge in [-0.1, -0.05) is 19.3 Å². The molecule has 2 N–H and O–H groups in total. The van der Waals surface area contributed by atoms with E-state index in [1.165, 1.54) is 0 Å². The molecule has 1 aliphatic carbocycles. The van der Waals surface area contributed by atoms with E-state index in [-0.39, 0.29) is 18.6 Å². The molecule has 0 spiro atoms. The van der Waals surface area contributed by atoms with Crippen LogP contribution in [-0.2, 0) is 4.79 Å². The lowest BCUT2D eigenvalue weighted by atomic mass is 9.83. The van der Waals surface area contributed by atoms with Gasteiger partial charge in [0.1, 0.15) is 5.54 Å². The lowest BCUT2D eigenvalue weighted by Gasteiger charge is -2.32. The van der Waals surface area contributed by atoms with Crippen molar-refractivity contribution in [1.29, 1.82) is 5.26 Å². The minimum absolute atomic E-state index is 0.0798. The average Bonchev–Trinajstić information content (AvgIpc) is 2.86. The molecule has 0 radical (unpaired) electrons. The molecule has 1 saturated heterocycles. The van der Waals surface area contributed by atoms with E-state index < -0.39 is 5.54 Å². The number of nitrogens with zero attached hydrogens (tertiary/aromatic N) is 2. The minimum atomic E-state index is -0.649. The molecule has 0 bridgehead atoms. The second-order valence-corrected chi connectivity index (χ2v) is 5.75. The highest BCUT2D eigenvalue weighted by Crippen LogP contribution is 2.27. The smallest absolute Gasteiger partial charge is 0.235 e. The first-order chi connectivity index (χ1) is 9.19. The number of nitriles is 1. The summed E-state index contributed by atoms with van der Waals surface area (Å²) < 4.78 is 0. The summed E-state index contributed by atoms with van der Waals surface area (Å²) in [6, 6.07) is 2.41. The van der Waals surface area contributed by atoms with Gasteiger partial charge in [0.25, 0.3) is 0 Å². The fraction of sp³-hybridized carbons (Fsp3) is 0.857. The topological polar surface area (TPSA) is 76.4 Å². The monoisotopic (exact) mass is 265 g/mol. The summed E-state index contributed by atoms with van der Waals surface area (Å²) in [5, 5.41) is 21.5. The van der Waals surface area contributed by atoms with Gasteiger partial charge in [-0.05, 0) is 32.2 Å². The van der Waals surface area contributed by atoms with Crippen LogP contribution in [0.1, 0.15) is 44.9 Å². The Morgan fingerprint density at radius 2 is 2.11 bits per heavy atom. The molecular weight excluding hydrogens is 242 g/mol. The molecule has 19 heavy (non-hydrogen) atoms. The predicted octanol–water partition coefficient (Wildman–Crippen LogP) is 0.786. The van der Waals surface area contributed by atoms with Crippen molar-refractivity contribution in [2.24, 2.45) is 0 Å². The van der Waals surface area contributed by atoms with Gasteiger partial charge in [0.15, 0.2) is 0 Å². The average molecular weight is 265 g/mol. The summed E-state index contributed by atoms with van der Waals surface area (Å²) in [5.41, 5.74) is -0.649. The van der Waals surface area contributed by atoms with Crippen LogP contribution in [-0.4, -0.2) is 47.2 Å². The van der Waals surface area contributed by atoms with E-state index in [9.17, 15) is 15.2 Å². The fourth-order valence-electron chi connectivity index (χ4n) is 3.22. The van der Waals surface area contributed by atoms with E-state index >= 15 is 0 Å². The molecule has 1 aliphatic heterocycles. The van der Waals surface area contributed by atoms with Crippen LogP contribution in [0.4, 0.5) is 0 Å². The third-order valence-corrected chi connectivity index (χ3v) is 4.36. The van der Waals surface area contributed by atoms with Gasteiger partial charge < -0.3 is 10.4 Å². The number of aliphatic hydroxyl groups excluding tert-OH is 1. The Bertz CT molecular complexity index is 358. The Hall–Kier alpha value is -1.12. The summed E-state index contributed by atoms with van der Waals surface area (Å²) in [7, 11) is 0. The van der Waals surface area contributed by atoms with Gasteiger partial charge >= 0.3 is 0 Å². The van der Waals surface area contributed by atoms with Gasteiger partial charge in [-0.3, -0.25) is 9.69 Å². The van der Waals surface area contributed by atoms with Gasteiger partial charge in [-0.25, -0.2) is 0 Å². The highest BCUT2D eigenvalue weighted by atomic mass is 16.3. The van der Waals surface area contributed by atoms with E-state index in [0.29, 0.717) is 6.54 Å². The second-order valence-electron chi connectivity index (χ2n) is 5.75. The van der Waals surface area contributed by atoms with Crippen molar-refractivity contribution >= 4 is 5.91 Å². The summed E-state index contributed by atoms with van der Waals surface area (Å²) in [4.78, 5) is 14.1. The van der Waals surface area contributed by atoms with Crippen molar-refractivity contribution in [3.8, 4) is 6.07 Å². The Labute approximate surface area is 114 Å². The second kappa shape index (κ2) is 6.36. The molecule has 1 atom stereocenters. The summed E-state index contributed by atoms with van der Waals surface area (Å²) in [6.45, 7) is 1.27. The molecule has 1 unspecified atom stereocenters. The van der Waals surface area contributed by atoms with Crippen LogP contribution in [0.25, 0.3) is 0 Å². The Morgan fingerprint density at radius 1 is 1.37 bits per heavy atom. The van der Waals surface area contributed by atoms with E-state index in [1.54, 1.807) is 0 Å². The minimum Gasteiger partial charge on any atom is -0.395 e. The zero-order valence-electron chi connectivity index (χ0n) is 11.4. The fourth-order valence-corrected chi connectivity index (χ4v) is 3.22.